The number of hydrogen-bond donors (Lipinski definition) is 1. The smallest absolute Gasteiger partial charge is 0.229 e. The molecule has 2 amide bonds. The predicted octanol–water partition coefficient (Wildman–Crippen LogP) is 4.29. The van der Waals surface area contributed by atoms with Crippen molar-refractivity contribution >= 4 is 28.9 Å². The Labute approximate surface area is 172 Å². The Bertz CT molecular complexity index is 881. The first-order valence-electron chi connectivity index (χ1n) is 10.5. The van der Waals surface area contributed by atoms with Gasteiger partial charge < -0.3 is 15.1 Å². The first kappa shape index (κ1) is 19.5. The molecule has 0 aromatic heterocycles. The second kappa shape index (κ2) is 8.27. The fourth-order valence-corrected chi connectivity index (χ4v) is 4.42. The average molecular weight is 392 g/mol. The topological polar surface area (TPSA) is 52.7 Å². The van der Waals surface area contributed by atoms with E-state index in [0.29, 0.717) is 6.54 Å². The molecule has 0 saturated carbocycles. The number of nitrogens with zero attached hydrogens (tertiary/aromatic N) is 2. The highest BCUT2D eigenvalue weighted by Crippen LogP contribution is 2.29. The van der Waals surface area contributed by atoms with Gasteiger partial charge in [-0.1, -0.05) is 6.07 Å². The maximum absolute atomic E-state index is 12.7. The number of nitrogens with one attached hydrogen (secondary N) is 1. The number of benzene rings is 2. The van der Waals surface area contributed by atoms with Crippen LogP contribution >= 0.6 is 0 Å². The highest BCUT2D eigenvalue weighted by molar-refractivity contribution is 6.03. The highest BCUT2D eigenvalue weighted by Gasteiger charge is 2.35. The molecule has 29 heavy (non-hydrogen) atoms. The number of aryl methyl sites for hydroxylation is 2. The van der Waals surface area contributed by atoms with Crippen LogP contribution in [0.4, 0.5) is 17.1 Å². The van der Waals surface area contributed by atoms with Crippen molar-refractivity contribution in [2.24, 2.45) is 5.92 Å². The fraction of sp³-hybridized carbons (Fsp3) is 0.417. The van der Waals surface area contributed by atoms with Crippen LogP contribution < -0.4 is 15.1 Å². The summed E-state index contributed by atoms with van der Waals surface area (Å²) >= 11 is 0. The SMILES string of the molecule is Cc1cc(C)cc(NC(=O)C2CC(=O)N(c3ccc(N4CCCCC4)cc3)C2)c1. The van der Waals surface area contributed by atoms with Crippen molar-refractivity contribution in [1.82, 2.24) is 0 Å². The Hall–Kier alpha value is -2.82. The molecule has 5 nitrogen and oxygen atoms in total. The molecule has 0 radical (unpaired) electrons. The minimum absolute atomic E-state index is 0.0105. The van der Waals surface area contributed by atoms with Gasteiger partial charge in [0.25, 0.3) is 0 Å². The molecular formula is C24H29N3O2. The van der Waals surface area contributed by atoms with Crippen molar-refractivity contribution in [2.75, 3.05) is 34.8 Å². The van der Waals surface area contributed by atoms with Crippen LogP contribution in [0, 0.1) is 19.8 Å². The third-order valence-electron chi connectivity index (χ3n) is 5.87. The minimum atomic E-state index is -0.329. The Morgan fingerprint density at radius 3 is 2.21 bits per heavy atom. The number of piperidine rings is 1. The lowest BCUT2D eigenvalue weighted by atomic mass is 10.1. The molecule has 2 aliphatic rings. The van der Waals surface area contributed by atoms with Crippen LogP contribution in [0.15, 0.2) is 42.5 Å². The Balaban J connectivity index is 1.41. The quantitative estimate of drug-likeness (QED) is 0.846. The van der Waals surface area contributed by atoms with E-state index in [-0.39, 0.29) is 24.2 Å². The van der Waals surface area contributed by atoms with Gasteiger partial charge in [0.2, 0.25) is 11.8 Å². The third-order valence-corrected chi connectivity index (χ3v) is 5.87. The molecule has 5 heteroatoms. The van der Waals surface area contributed by atoms with Crippen LogP contribution in [0.3, 0.4) is 0 Å². The first-order chi connectivity index (χ1) is 14.0. The number of hydrogen-bond acceptors (Lipinski definition) is 3. The largest absolute Gasteiger partial charge is 0.372 e. The summed E-state index contributed by atoms with van der Waals surface area (Å²) in [4.78, 5) is 29.4. The first-order valence-corrected chi connectivity index (χ1v) is 10.5. The van der Waals surface area contributed by atoms with Gasteiger partial charge in [-0.25, -0.2) is 0 Å². The summed E-state index contributed by atoms with van der Waals surface area (Å²) in [5, 5.41) is 2.99. The highest BCUT2D eigenvalue weighted by atomic mass is 16.2. The third kappa shape index (κ3) is 4.44. The Morgan fingerprint density at radius 1 is 0.931 bits per heavy atom. The predicted molar refractivity (Wildman–Crippen MR) is 118 cm³/mol. The van der Waals surface area contributed by atoms with E-state index in [9.17, 15) is 9.59 Å². The van der Waals surface area contributed by atoms with Gasteiger partial charge in [-0.05, 0) is 80.6 Å². The van der Waals surface area contributed by atoms with Gasteiger partial charge in [0.15, 0.2) is 0 Å². The van der Waals surface area contributed by atoms with E-state index in [1.807, 2.05) is 38.1 Å². The van der Waals surface area contributed by atoms with E-state index in [1.54, 1.807) is 4.90 Å². The number of carbonyl (C=O) groups excluding carboxylic acids is 2. The second-order valence-corrected chi connectivity index (χ2v) is 8.34. The normalized spacial score (nSPS) is 19.5. The second-order valence-electron chi connectivity index (χ2n) is 8.34. The van der Waals surface area contributed by atoms with Crippen molar-refractivity contribution in [3.05, 3.63) is 53.6 Å². The van der Waals surface area contributed by atoms with E-state index >= 15 is 0 Å². The van der Waals surface area contributed by atoms with Gasteiger partial charge >= 0.3 is 0 Å². The molecule has 152 valence electrons. The molecular weight excluding hydrogens is 362 g/mol. The van der Waals surface area contributed by atoms with Gasteiger partial charge in [0, 0.05) is 43.1 Å². The molecule has 1 atom stereocenters. The molecule has 0 spiro atoms. The number of anilines is 3. The summed E-state index contributed by atoms with van der Waals surface area (Å²) in [6.45, 7) is 6.65. The molecule has 2 heterocycles. The molecule has 2 aliphatic heterocycles. The standard InChI is InChI=1S/C24H29N3O2/c1-17-12-18(2)14-20(13-17)25-24(29)19-15-23(28)27(16-19)22-8-6-21(7-9-22)26-10-4-3-5-11-26/h6-9,12-14,19H,3-5,10-11,15-16H2,1-2H3,(H,25,29). The maximum atomic E-state index is 12.7. The Morgan fingerprint density at radius 2 is 1.55 bits per heavy atom. The summed E-state index contributed by atoms with van der Waals surface area (Å²) < 4.78 is 0. The van der Waals surface area contributed by atoms with E-state index in [0.717, 1.165) is 35.6 Å². The van der Waals surface area contributed by atoms with Crippen LogP contribution in [0.1, 0.15) is 36.8 Å². The van der Waals surface area contributed by atoms with E-state index < -0.39 is 0 Å². The summed E-state index contributed by atoms with van der Waals surface area (Å²) in [5.74, 6) is -0.405. The average Bonchev–Trinajstić information content (AvgIpc) is 3.10. The molecule has 2 aromatic rings. The molecule has 1 unspecified atom stereocenters. The zero-order chi connectivity index (χ0) is 20.4. The fourth-order valence-electron chi connectivity index (χ4n) is 4.42. The van der Waals surface area contributed by atoms with Crippen molar-refractivity contribution in [2.45, 2.75) is 39.5 Å². The van der Waals surface area contributed by atoms with Gasteiger partial charge in [-0.15, -0.1) is 0 Å². The van der Waals surface area contributed by atoms with E-state index in [1.165, 1.54) is 24.9 Å². The van der Waals surface area contributed by atoms with Gasteiger partial charge in [0.05, 0.1) is 5.92 Å². The zero-order valence-electron chi connectivity index (χ0n) is 17.3. The maximum Gasteiger partial charge on any atom is 0.229 e. The molecule has 0 bridgehead atoms. The van der Waals surface area contributed by atoms with Crippen molar-refractivity contribution < 1.29 is 9.59 Å². The molecule has 2 saturated heterocycles. The summed E-state index contributed by atoms with van der Waals surface area (Å²) in [7, 11) is 0. The molecule has 4 rings (SSSR count). The van der Waals surface area contributed by atoms with Crippen LogP contribution in [0.25, 0.3) is 0 Å². The van der Waals surface area contributed by atoms with E-state index in [2.05, 4.69) is 28.4 Å². The lowest BCUT2D eigenvalue weighted by Crippen LogP contribution is -2.30. The molecule has 2 fully saturated rings. The molecule has 2 aromatic carbocycles. The summed E-state index contributed by atoms with van der Waals surface area (Å²) in [6, 6.07) is 14.2. The summed E-state index contributed by atoms with van der Waals surface area (Å²) in [5.41, 5.74) is 5.10. The van der Waals surface area contributed by atoms with Gasteiger partial charge in [-0.2, -0.15) is 0 Å². The van der Waals surface area contributed by atoms with Crippen molar-refractivity contribution in [3.8, 4) is 0 Å². The lowest BCUT2D eigenvalue weighted by molar-refractivity contribution is -0.122. The van der Waals surface area contributed by atoms with E-state index in [4.69, 9.17) is 0 Å². The summed E-state index contributed by atoms with van der Waals surface area (Å²) in [6.07, 6.45) is 4.04. The Kier molecular flexibility index (Phi) is 5.56. The van der Waals surface area contributed by atoms with Crippen LogP contribution in [-0.2, 0) is 9.59 Å². The number of rotatable bonds is 4. The van der Waals surface area contributed by atoms with Crippen LogP contribution in [0.5, 0.6) is 0 Å². The van der Waals surface area contributed by atoms with Crippen molar-refractivity contribution in [3.63, 3.8) is 0 Å². The lowest BCUT2D eigenvalue weighted by Gasteiger charge is -2.29. The van der Waals surface area contributed by atoms with Crippen LogP contribution in [-0.4, -0.2) is 31.4 Å². The van der Waals surface area contributed by atoms with Gasteiger partial charge in [0.1, 0.15) is 0 Å². The number of carbonyl (C=O) groups is 2. The zero-order valence-corrected chi connectivity index (χ0v) is 17.3. The van der Waals surface area contributed by atoms with Crippen molar-refractivity contribution in [1.29, 1.82) is 0 Å². The molecule has 1 N–H and O–H groups in total. The monoisotopic (exact) mass is 391 g/mol. The van der Waals surface area contributed by atoms with Gasteiger partial charge in [-0.3, -0.25) is 9.59 Å². The van der Waals surface area contributed by atoms with Crippen LogP contribution in [0.2, 0.25) is 0 Å². The number of amides is 2. The molecule has 0 aliphatic carbocycles. The minimum Gasteiger partial charge on any atom is -0.372 e.